The zero-order valence-corrected chi connectivity index (χ0v) is 41.7. The van der Waals surface area contributed by atoms with Gasteiger partial charge in [0.2, 0.25) is 0 Å². The lowest BCUT2D eigenvalue weighted by atomic mass is 9.78. The molecule has 15 heteroatoms. The van der Waals surface area contributed by atoms with Gasteiger partial charge in [0.1, 0.15) is 23.4 Å². The van der Waals surface area contributed by atoms with Crippen LogP contribution in [-0.2, 0) is 23.8 Å². The minimum Gasteiger partial charge on any atom is -0.507 e. The Hall–Kier alpha value is -5.12. The van der Waals surface area contributed by atoms with Gasteiger partial charge in [-0.3, -0.25) is 19.4 Å². The largest absolute Gasteiger partial charge is 0.507 e. The normalized spacial score (nSPS) is 29.2. The molecule has 0 spiro atoms. The van der Waals surface area contributed by atoms with Crippen LogP contribution in [0.5, 0.6) is 23.0 Å². The maximum atomic E-state index is 14.7. The number of carbonyl (C=O) groups excluding carboxylic acids is 3. The van der Waals surface area contributed by atoms with Crippen molar-refractivity contribution in [1.82, 2.24) is 5.01 Å². The van der Waals surface area contributed by atoms with Gasteiger partial charge in [-0.2, -0.15) is 5.10 Å². The molecule has 9 atom stereocenters. The quantitative estimate of drug-likeness (QED) is 0.0730. The molecular formula is C53H77N3O12. The Labute approximate surface area is 402 Å². The molecule has 0 saturated carbocycles. The molecule has 376 valence electrons. The number of phenols is 3. The molecule has 0 aliphatic carbocycles. The number of phenolic OH excluding ortho intramolecular Hbond substituents is 3. The van der Waals surface area contributed by atoms with Crippen molar-refractivity contribution < 1.29 is 58.9 Å². The number of anilines is 1. The number of aromatic hydroxyl groups is 3. The molecule has 0 aromatic heterocycles. The molecule has 4 heterocycles. The van der Waals surface area contributed by atoms with E-state index in [0.29, 0.717) is 13.1 Å². The molecule has 1 amide bonds. The SMILES string of the molecule is COC1C=COC2(C)Oc3c(C)c(O)c4c(O)c(c(/C=N\N5CCCCCCCCCCCCCCC5)c(O)c4c3C2=O)NC(=O)C(C)=CC=CC(C)C(O)C(C)C(O)C(C)C(OC(C)=O)C1C. The third-order valence-corrected chi connectivity index (χ3v) is 14.2. The van der Waals surface area contributed by atoms with Gasteiger partial charge in [-0.25, -0.2) is 0 Å². The molecule has 9 unspecified atom stereocenters. The number of hydrazone groups is 1. The first-order valence-corrected chi connectivity index (χ1v) is 24.7. The van der Waals surface area contributed by atoms with Gasteiger partial charge in [0.05, 0.1) is 53.0 Å². The number of rotatable bonds is 4. The van der Waals surface area contributed by atoms with E-state index in [1.807, 2.05) is 5.01 Å². The average Bonchev–Trinajstić information content (AvgIpc) is 3.57. The minimum atomic E-state index is -2.05. The number of esters is 1. The molecule has 0 radical (unpaired) electrons. The Morgan fingerprint density at radius 1 is 0.809 bits per heavy atom. The van der Waals surface area contributed by atoms with Gasteiger partial charge in [0.15, 0.2) is 5.75 Å². The first-order valence-electron chi connectivity index (χ1n) is 24.7. The van der Waals surface area contributed by atoms with E-state index in [1.165, 1.54) is 97.5 Å². The zero-order valence-electron chi connectivity index (χ0n) is 41.7. The van der Waals surface area contributed by atoms with Crippen molar-refractivity contribution in [3.63, 3.8) is 0 Å². The van der Waals surface area contributed by atoms with Gasteiger partial charge in [0.25, 0.3) is 11.7 Å². The van der Waals surface area contributed by atoms with Crippen LogP contribution in [0.15, 0.2) is 41.2 Å². The number of Topliss-reactive ketones (excluding diaryl/α,β-unsaturated/α-hetero) is 1. The number of hydrogen-bond acceptors (Lipinski definition) is 14. The Morgan fingerprint density at radius 3 is 1.94 bits per heavy atom. The number of nitrogens with one attached hydrogen (secondary N) is 1. The lowest BCUT2D eigenvalue weighted by molar-refractivity contribution is -0.160. The van der Waals surface area contributed by atoms with Gasteiger partial charge in [-0.05, 0) is 32.8 Å². The van der Waals surface area contributed by atoms with E-state index in [2.05, 4.69) is 5.32 Å². The van der Waals surface area contributed by atoms with Crippen LogP contribution in [0, 0.1) is 30.6 Å². The van der Waals surface area contributed by atoms with Crippen molar-refractivity contribution >= 4 is 40.3 Å². The molecule has 2 aromatic rings. The molecule has 1 saturated heterocycles. The molecule has 68 heavy (non-hydrogen) atoms. The Balaban J connectivity index is 1.66. The van der Waals surface area contributed by atoms with Crippen molar-refractivity contribution in [2.75, 3.05) is 25.5 Å². The summed E-state index contributed by atoms with van der Waals surface area (Å²) in [4.78, 5) is 41.1. The maximum Gasteiger partial charge on any atom is 0.312 e. The summed E-state index contributed by atoms with van der Waals surface area (Å²) in [7, 11) is 1.45. The van der Waals surface area contributed by atoms with E-state index in [0.717, 1.165) is 38.5 Å². The summed E-state index contributed by atoms with van der Waals surface area (Å²) in [6, 6.07) is 0. The topological polar surface area (TPSA) is 217 Å². The fraction of sp³-hybridized carbons (Fsp3) is 0.623. The van der Waals surface area contributed by atoms with Gasteiger partial charge in [-0.15, -0.1) is 0 Å². The highest BCUT2D eigenvalue weighted by Crippen LogP contribution is 2.55. The van der Waals surface area contributed by atoms with Crippen molar-refractivity contribution in [1.29, 1.82) is 0 Å². The number of ketones is 1. The number of methoxy groups -OCH3 is 1. The summed E-state index contributed by atoms with van der Waals surface area (Å²) in [5.41, 5.74) is -0.238. The molecular weight excluding hydrogens is 871 g/mol. The van der Waals surface area contributed by atoms with E-state index in [9.17, 15) is 39.9 Å². The van der Waals surface area contributed by atoms with Gasteiger partial charge in [0, 0.05) is 74.2 Å². The predicted molar refractivity (Wildman–Crippen MR) is 263 cm³/mol. The fourth-order valence-corrected chi connectivity index (χ4v) is 9.77. The molecule has 2 aromatic carbocycles. The molecule has 4 aliphatic heterocycles. The van der Waals surface area contributed by atoms with E-state index in [1.54, 1.807) is 46.8 Å². The third kappa shape index (κ3) is 12.6. The van der Waals surface area contributed by atoms with Crippen molar-refractivity contribution in [3.8, 4) is 23.0 Å². The molecule has 5 bridgehead atoms. The van der Waals surface area contributed by atoms with E-state index < -0.39 is 88.8 Å². The number of hydrogen-bond donors (Lipinski definition) is 6. The summed E-state index contributed by atoms with van der Waals surface area (Å²) >= 11 is 0. The van der Waals surface area contributed by atoms with Gasteiger partial charge in [-0.1, -0.05) is 117 Å². The van der Waals surface area contributed by atoms with E-state index in [4.69, 9.17) is 24.0 Å². The third-order valence-electron chi connectivity index (χ3n) is 14.2. The minimum absolute atomic E-state index is 0.0696. The van der Waals surface area contributed by atoms with Crippen molar-refractivity contribution in [2.45, 2.75) is 169 Å². The lowest BCUT2D eigenvalue weighted by Gasteiger charge is -2.38. The number of amides is 1. The number of benzene rings is 2. The molecule has 1 fully saturated rings. The van der Waals surface area contributed by atoms with E-state index in [-0.39, 0.29) is 44.5 Å². The Kier molecular flexibility index (Phi) is 19.3. The summed E-state index contributed by atoms with van der Waals surface area (Å²) in [5.74, 6) is -8.23. The number of allylic oxidation sites excluding steroid dienone is 2. The Morgan fingerprint density at radius 2 is 1.38 bits per heavy atom. The smallest absolute Gasteiger partial charge is 0.312 e. The number of carbonyl (C=O) groups is 3. The van der Waals surface area contributed by atoms with Crippen LogP contribution in [-0.4, -0.2) is 105 Å². The predicted octanol–water partition coefficient (Wildman–Crippen LogP) is 9.47. The summed E-state index contributed by atoms with van der Waals surface area (Å²) in [6.07, 6.45) is 19.9. The number of aliphatic hydroxyl groups excluding tert-OH is 2. The molecule has 6 N–H and O–H groups in total. The highest BCUT2D eigenvalue weighted by molar-refractivity contribution is 6.23. The summed E-state index contributed by atoms with van der Waals surface area (Å²) < 4.78 is 23.9. The zero-order chi connectivity index (χ0) is 49.9. The van der Waals surface area contributed by atoms with Crippen LogP contribution in [0.1, 0.15) is 153 Å². The summed E-state index contributed by atoms with van der Waals surface area (Å²) in [5, 5.41) is 68.4. The first kappa shape index (κ1) is 53.8. The van der Waals surface area contributed by atoms with Crippen molar-refractivity contribution in [3.05, 3.63) is 52.8 Å². The number of aliphatic hydroxyl groups is 2. The average molecular weight is 948 g/mol. The standard InChI is InChI=1S/C53H77N3O12/c1-31-24-23-25-32(2)52(64)55-43-38(30-54-56-27-21-19-17-15-13-11-10-12-14-16-18-20-22-28-56)47(61)40-41(48(43)62)46(60)36(6)50-42(40)51(63)53(8,68-50)66-29-26-39(65-9)33(3)49(67-37(7)57)35(5)45(59)34(4)44(31)58/h23-26,29-31,33-35,39,44-45,49,58-62H,10-22,27-28H2,1-9H3,(H,55,64)/b24-23?,29-26?,32-25?,54-30-. The second-order valence-corrected chi connectivity index (χ2v) is 19.4. The van der Waals surface area contributed by atoms with Crippen LogP contribution in [0.4, 0.5) is 5.69 Å². The van der Waals surface area contributed by atoms with Crippen LogP contribution in [0.2, 0.25) is 0 Å². The summed E-state index contributed by atoms with van der Waals surface area (Å²) in [6.45, 7) is 14.0. The molecule has 4 aliphatic rings. The number of fused-ring (bicyclic) bond motifs is 14. The molecule has 15 nitrogen and oxygen atoms in total. The lowest BCUT2D eigenvalue weighted by Crippen LogP contribution is -2.46. The van der Waals surface area contributed by atoms with Gasteiger partial charge >= 0.3 is 11.8 Å². The van der Waals surface area contributed by atoms with Crippen molar-refractivity contribution in [2.24, 2.45) is 28.8 Å². The van der Waals surface area contributed by atoms with Crippen LogP contribution in [0.3, 0.4) is 0 Å². The van der Waals surface area contributed by atoms with Gasteiger partial charge < -0.3 is 49.8 Å². The molecule has 6 rings (SSSR count). The highest BCUT2D eigenvalue weighted by atomic mass is 16.7. The number of nitrogens with zero attached hydrogens (tertiary/aromatic N) is 2. The fourth-order valence-electron chi connectivity index (χ4n) is 9.77. The van der Waals surface area contributed by atoms with Crippen LogP contribution >= 0.6 is 0 Å². The number of ether oxygens (including phenoxy) is 4. The maximum absolute atomic E-state index is 14.7. The second kappa shape index (κ2) is 24.4. The second-order valence-electron chi connectivity index (χ2n) is 19.4. The highest BCUT2D eigenvalue weighted by Gasteiger charge is 2.50. The monoisotopic (exact) mass is 948 g/mol. The van der Waals surface area contributed by atoms with E-state index >= 15 is 0 Å². The van der Waals surface area contributed by atoms with Crippen LogP contribution < -0.4 is 10.1 Å². The Bertz CT molecular complexity index is 2200. The first-order chi connectivity index (χ1) is 32.3. The van der Waals surface area contributed by atoms with Crippen LogP contribution in [0.25, 0.3) is 10.8 Å².